The van der Waals surface area contributed by atoms with Gasteiger partial charge >= 0.3 is 6.61 Å². The molecule has 26 heavy (non-hydrogen) atoms. The molecule has 0 atom stereocenters. The second kappa shape index (κ2) is 7.18. The first-order chi connectivity index (χ1) is 12.5. The summed E-state index contributed by atoms with van der Waals surface area (Å²) >= 11 is 0. The number of carbonyl (C=O) groups excluding carboxylic acids is 1. The molecule has 0 bridgehead atoms. The van der Waals surface area contributed by atoms with Gasteiger partial charge in [0.25, 0.3) is 5.91 Å². The number of rotatable bonds is 4. The summed E-state index contributed by atoms with van der Waals surface area (Å²) in [6, 6.07) is 16.9. The number of hydrogen-bond acceptors (Lipinski definition) is 2. The van der Waals surface area contributed by atoms with Crippen LogP contribution in [0.1, 0.15) is 10.4 Å². The zero-order valence-electron chi connectivity index (χ0n) is 13.5. The molecule has 0 heterocycles. The molecule has 1 amide bonds. The van der Waals surface area contributed by atoms with Gasteiger partial charge in [-0.15, -0.1) is 0 Å². The Morgan fingerprint density at radius 1 is 0.962 bits per heavy atom. The highest BCUT2D eigenvalue weighted by molar-refractivity contribution is 6.06. The molecule has 0 aliphatic carbocycles. The SMILES string of the molecule is NC(N)=NC(=O)c1ccc2cccc(-c3ccccc3OC(F)F)c2c1. The van der Waals surface area contributed by atoms with E-state index < -0.39 is 12.5 Å². The van der Waals surface area contributed by atoms with Gasteiger partial charge in [-0.25, -0.2) is 0 Å². The number of ether oxygens (including phenoxy) is 1. The molecule has 5 nitrogen and oxygen atoms in total. The Bertz CT molecular complexity index is 999. The van der Waals surface area contributed by atoms with Crippen LogP contribution in [0.15, 0.2) is 65.7 Å². The molecule has 0 spiro atoms. The summed E-state index contributed by atoms with van der Waals surface area (Å²) in [5.41, 5.74) is 11.9. The molecule has 0 aliphatic rings. The number of nitrogens with two attached hydrogens (primary N) is 2. The molecule has 3 rings (SSSR count). The molecular weight excluding hydrogens is 340 g/mol. The lowest BCUT2D eigenvalue weighted by Crippen LogP contribution is -2.24. The number of halogens is 2. The highest BCUT2D eigenvalue weighted by Gasteiger charge is 2.14. The molecule has 0 aromatic heterocycles. The van der Waals surface area contributed by atoms with Gasteiger partial charge in [-0.2, -0.15) is 13.8 Å². The lowest BCUT2D eigenvalue weighted by molar-refractivity contribution is -0.0494. The maximum Gasteiger partial charge on any atom is 0.387 e. The largest absolute Gasteiger partial charge is 0.434 e. The van der Waals surface area contributed by atoms with E-state index in [1.807, 2.05) is 6.07 Å². The second-order valence-electron chi connectivity index (χ2n) is 5.46. The number of benzene rings is 3. The van der Waals surface area contributed by atoms with E-state index in [2.05, 4.69) is 9.73 Å². The summed E-state index contributed by atoms with van der Waals surface area (Å²) in [5.74, 6) is -0.867. The van der Waals surface area contributed by atoms with Crippen molar-refractivity contribution in [2.45, 2.75) is 6.61 Å². The first-order valence-corrected chi connectivity index (χ1v) is 7.66. The minimum absolute atomic E-state index is 0.0518. The molecular formula is C19H15F2N3O2. The van der Waals surface area contributed by atoms with E-state index >= 15 is 0 Å². The Kier molecular flexibility index (Phi) is 4.79. The smallest absolute Gasteiger partial charge is 0.387 e. The molecule has 0 saturated carbocycles. The molecule has 0 aliphatic heterocycles. The lowest BCUT2D eigenvalue weighted by atomic mass is 9.96. The van der Waals surface area contributed by atoms with Gasteiger partial charge in [0.2, 0.25) is 0 Å². The molecule has 3 aromatic rings. The number of hydrogen-bond donors (Lipinski definition) is 2. The van der Waals surface area contributed by atoms with Gasteiger partial charge in [0.1, 0.15) is 5.75 Å². The van der Waals surface area contributed by atoms with Gasteiger partial charge in [0, 0.05) is 11.1 Å². The molecule has 0 unspecified atom stereocenters. The highest BCUT2D eigenvalue weighted by Crippen LogP contribution is 2.36. The van der Waals surface area contributed by atoms with Crippen LogP contribution in [-0.2, 0) is 0 Å². The van der Waals surface area contributed by atoms with Crippen LogP contribution in [0.2, 0.25) is 0 Å². The van der Waals surface area contributed by atoms with Gasteiger partial charge in [-0.1, -0.05) is 42.5 Å². The third kappa shape index (κ3) is 3.61. The van der Waals surface area contributed by atoms with Crippen molar-refractivity contribution in [2.24, 2.45) is 16.5 Å². The summed E-state index contributed by atoms with van der Waals surface area (Å²) in [5, 5.41) is 1.52. The Morgan fingerprint density at radius 2 is 1.69 bits per heavy atom. The molecule has 0 radical (unpaired) electrons. The Morgan fingerprint density at radius 3 is 2.42 bits per heavy atom. The quantitative estimate of drug-likeness (QED) is 0.553. The third-order valence-corrected chi connectivity index (χ3v) is 3.75. The van der Waals surface area contributed by atoms with Crippen molar-refractivity contribution >= 4 is 22.6 Å². The zero-order valence-corrected chi connectivity index (χ0v) is 13.5. The Balaban J connectivity index is 2.18. The van der Waals surface area contributed by atoms with Crippen LogP contribution in [0, 0.1) is 0 Å². The predicted octanol–water partition coefficient (Wildman–Crippen LogP) is 3.52. The topological polar surface area (TPSA) is 90.7 Å². The summed E-state index contributed by atoms with van der Waals surface area (Å²) in [4.78, 5) is 15.6. The summed E-state index contributed by atoms with van der Waals surface area (Å²) < 4.78 is 30.1. The van der Waals surface area contributed by atoms with E-state index in [0.29, 0.717) is 16.5 Å². The number of amides is 1. The molecule has 132 valence electrons. The van der Waals surface area contributed by atoms with Crippen LogP contribution < -0.4 is 16.2 Å². The molecule has 0 fully saturated rings. The van der Waals surface area contributed by atoms with Crippen LogP contribution in [0.3, 0.4) is 0 Å². The van der Waals surface area contributed by atoms with Gasteiger partial charge in [0.05, 0.1) is 0 Å². The maximum atomic E-state index is 12.7. The second-order valence-corrected chi connectivity index (χ2v) is 5.46. The number of nitrogens with zero attached hydrogens (tertiary/aromatic N) is 1. The average Bonchev–Trinajstić information content (AvgIpc) is 2.60. The first kappa shape index (κ1) is 17.3. The molecule has 7 heteroatoms. The Hall–Kier alpha value is -3.48. The van der Waals surface area contributed by atoms with Crippen molar-refractivity contribution < 1.29 is 18.3 Å². The van der Waals surface area contributed by atoms with E-state index in [1.165, 1.54) is 6.07 Å². The average molecular weight is 355 g/mol. The van der Waals surface area contributed by atoms with Crippen LogP contribution >= 0.6 is 0 Å². The summed E-state index contributed by atoms with van der Waals surface area (Å²) in [6.07, 6.45) is 0. The van der Waals surface area contributed by atoms with Crippen LogP contribution in [-0.4, -0.2) is 18.5 Å². The number of aliphatic imine (C=N–C) groups is 1. The standard InChI is InChI=1S/C19H15F2N3O2/c20-18(21)26-16-7-2-1-5-14(16)13-6-3-4-11-8-9-12(10-15(11)13)17(25)24-19(22)23/h1-10,18H,(H4,22,23,24,25). The normalized spacial score (nSPS) is 10.7. The fraction of sp³-hybridized carbons (Fsp3) is 0.0526. The number of alkyl halides is 2. The van der Waals surface area contributed by atoms with Crippen molar-refractivity contribution in [3.05, 3.63) is 66.2 Å². The first-order valence-electron chi connectivity index (χ1n) is 7.66. The minimum Gasteiger partial charge on any atom is -0.434 e. The van der Waals surface area contributed by atoms with Crippen LogP contribution in [0.5, 0.6) is 5.75 Å². The fourth-order valence-corrected chi connectivity index (χ4v) is 2.71. The van der Waals surface area contributed by atoms with Gasteiger partial charge in [-0.05, 0) is 34.5 Å². The third-order valence-electron chi connectivity index (χ3n) is 3.75. The summed E-state index contributed by atoms with van der Waals surface area (Å²) in [7, 11) is 0. The highest BCUT2D eigenvalue weighted by atomic mass is 19.3. The van der Waals surface area contributed by atoms with Crippen LogP contribution in [0.4, 0.5) is 8.78 Å². The predicted molar refractivity (Wildman–Crippen MR) is 96.2 cm³/mol. The number of guanidine groups is 1. The van der Waals surface area contributed by atoms with Crippen molar-refractivity contribution in [3.63, 3.8) is 0 Å². The molecule has 0 saturated heterocycles. The molecule has 3 aromatic carbocycles. The van der Waals surface area contributed by atoms with E-state index in [1.54, 1.807) is 48.5 Å². The van der Waals surface area contributed by atoms with E-state index in [4.69, 9.17) is 11.5 Å². The van der Waals surface area contributed by atoms with Crippen molar-refractivity contribution in [2.75, 3.05) is 0 Å². The fourth-order valence-electron chi connectivity index (χ4n) is 2.71. The maximum absolute atomic E-state index is 12.7. The van der Waals surface area contributed by atoms with E-state index in [-0.39, 0.29) is 17.3 Å². The minimum atomic E-state index is -2.94. The monoisotopic (exact) mass is 355 g/mol. The Labute approximate surface area is 147 Å². The van der Waals surface area contributed by atoms with E-state index in [0.717, 1.165) is 5.39 Å². The van der Waals surface area contributed by atoms with Gasteiger partial charge in [-0.3, -0.25) is 4.79 Å². The van der Waals surface area contributed by atoms with Gasteiger partial charge in [0.15, 0.2) is 5.96 Å². The number of fused-ring (bicyclic) bond motifs is 1. The van der Waals surface area contributed by atoms with Gasteiger partial charge < -0.3 is 16.2 Å². The van der Waals surface area contributed by atoms with Crippen molar-refractivity contribution in [3.8, 4) is 16.9 Å². The van der Waals surface area contributed by atoms with Crippen molar-refractivity contribution in [1.29, 1.82) is 0 Å². The van der Waals surface area contributed by atoms with Crippen molar-refractivity contribution in [1.82, 2.24) is 0 Å². The molecule has 4 N–H and O–H groups in total. The zero-order chi connectivity index (χ0) is 18.7. The summed E-state index contributed by atoms with van der Waals surface area (Å²) in [6.45, 7) is -2.94. The lowest BCUT2D eigenvalue weighted by Gasteiger charge is -2.13. The number of carbonyl (C=O) groups is 1. The van der Waals surface area contributed by atoms with E-state index in [9.17, 15) is 13.6 Å². The number of para-hydroxylation sites is 1. The van der Waals surface area contributed by atoms with Crippen LogP contribution in [0.25, 0.3) is 21.9 Å².